The third-order valence-electron chi connectivity index (χ3n) is 3.10. The van der Waals surface area contributed by atoms with Gasteiger partial charge in [0.05, 0.1) is 0 Å². The zero-order valence-corrected chi connectivity index (χ0v) is 11.2. The quantitative estimate of drug-likeness (QED) is 0.674. The molecule has 0 amide bonds. The molecule has 0 radical (unpaired) electrons. The van der Waals surface area contributed by atoms with Gasteiger partial charge >= 0.3 is 0 Å². The van der Waals surface area contributed by atoms with Crippen LogP contribution in [0.25, 0.3) is 0 Å². The standard InChI is InChI=1S/C16H20S/c1-14-9-11-16(12-10-14)17-13-15-7-5-3-2-4-6-8-15/h2-5,9-12,15H,6-8,13H2,1H3/b4-2-,5-3-. The van der Waals surface area contributed by atoms with Crippen LogP contribution in [0.4, 0.5) is 0 Å². The molecular formula is C16H20S. The smallest absolute Gasteiger partial charge is 0.00722 e. The second-order valence-electron chi connectivity index (χ2n) is 4.66. The molecule has 0 bridgehead atoms. The fraction of sp³-hybridized carbons (Fsp3) is 0.375. The number of rotatable bonds is 3. The molecule has 2 rings (SSSR count). The van der Waals surface area contributed by atoms with Crippen molar-refractivity contribution in [1.29, 1.82) is 0 Å². The lowest BCUT2D eigenvalue weighted by atomic mass is 9.99. The van der Waals surface area contributed by atoms with Crippen LogP contribution < -0.4 is 0 Å². The SMILES string of the molecule is Cc1ccc(SCC2C/C=C\C=C/CC2)cc1. The second-order valence-corrected chi connectivity index (χ2v) is 5.75. The summed E-state index contributed by atoms with van der Waals surface area (Å²) in [6, 6.07) is 8.86. The van der Waals surface area contributed by atoms with E-state index < -0.39 is 0 Å². The van der Waals surface area contributed by atoms with Gasteiger partial charge in [-0.2, -0.15) is 0 Å². The highest BCUT2D eigenvalue weighted by molar-refractivity contribution is 7.99. The molecule has 0 nitrogen and oxygen atoms in total. The fourth-order valence-corrected chi connectivity index (χ4v) is 3.03. The summed E-state index contributed by atoms with van der Waals surface area (Å²) in [6.07, 6.45) is 12.7. The number of hydrogen-bond donors (Lipinski definition) is 0. The first-order valence-electron chi connectivity index (χ1n) is 6.36. The summed E-state index contributed by atoms with van der Waals surface area (Å²) in [7, 11) is 0. The molecule has 1 heteroatoms. The van der Waals surface area contributed by atoms with Gasteiger partial charge in [-0.25, -0.2) is 0 Å². The van der Waals surface area contributed by atoms with Gasteiger partial charge in [0.1, 0.15) is 0 Å². The molecule has 0 aliphatic heterocycles. The van der Waals surface area contributed by atoms with E-state index in [0.29, 0.717) is 0 Å². The summed E-state index contributed by atoms with van der Waals surface area (Å²) >= 11 is 1.99. The van der Waals surface area contributed by atoms with E-state index >= 15 is 0 Å². The van der Waals surface area contributed by atoms with E-state index in [2.05, 4.69) is 55.5 Å². The molecule has 1 aromatic carbocycles. The van der Waals surface area contributed by atoms with Crippen molar-refractivity contribution < 1.29 is 0 Å². The van der Waals surface area contributed by atoms with Gasteiger partial charge in [0, 0.05) is 10.6 Å². The van der Waals surface area contributed by atoms with Gasteiger partial charge in [-0.15, -0.1) is 11.8 Å². The molecule has 1 aromatic rings. The predicted molar refractivity (Wildman–Crippen MR) is 77.5 cm³/mol. The van der Waals surface area contributed by atoms with E-state index in [1.807, 2.05) is 11.8 Å². The number of benzene rings is 1. The van der Waals surface area contributed by atoms with Crippen LogP contribution in [0, 0.1) is 12.8 Å². The highest BCUT2D eigenvalue weighted by Crippen LogP contribution is 2.25. The summed E-state index contributed by atoms with van der Waals surface area (Å²) in [5, 5.41) is 0. The van der Waals surface area contributed by atoms with Crippen molar-refractivity contribution in [3.05, 3.63) is 54.1 Å². The lowest BCUT2D eigenvalue weighted by molar-refractivity contribution is 0.554. The summed E-state index contributed by atoms with van der Waals surface area (Å²) in [4.78, 5) is 1.40. The van der Waals surface area contributed by atoms with Crippen molar-refractivity contribution in [2.45, 2.75) is 31.1 Å². The molecule has 90 valence electrons. The van der Waals surface area contributed by atoms with Crippen LogP contribution in [0.2, 0.25) is 0 Å². The van der Waals surface area contributed by atoms with E-state index in [-0.39, 0.29) is 0 Å². The average Bonchev–Trinajstić information content (AvgIpc) is 2.30. The van der Waals surface area contributed by atoms with Gasteiger partial charge in [0.25, 0.3) is 0 Å². The van der Waals surface area contributed by atoms with Gasteiger partial charge < -0.3 is 0 Å². The Balaban J connectivity index is 1.83. The zero-order valence-electron chi connectivity index (χ0n) is 10.4. The maximum absolute atomic E-state index is 2.30. The summed E-state index contributed by atoms with van der Waals surface area (Å²) in [5.74, 6) is 2.06. The first-order valence-corrected chi connectivity index (χ1v) is 7.34. The van der Waals surface area contributed by atoms with Gasteiger partial charge in [-0.1, -0.05) is 42.0 Å². The first kappa shape index (κ1) is 12.5. The van der Waals surface area contributed by atoms with Crippen LogP contribution in [0.3, 0.4) is 0 Å². The summed E-state index contributed by atoms with van der Waals surface area (Å²) < 4.78 is 0. The van der Waals surface area contributed by atoms with Crippen molar-refractivity contribution in [3.8, 4) is 0 Å². The molecule has 0 saturated heterocycles. The van der Waals surface area contributed by atoms with E-state index in [1.54, 1.807) is 0 Å². The minimum atomic E-state index is 0.822. The summed E-state index contributed by atoms with van der Waals surface area (Å²) in [5.41, 5.74) is 1.34. The lowest BCUT2D eigenvalue weighted by Crippen LogP contribution is -2.03. The number of hydrogen-bond acceptors (Lipinski definition) is 1. The van der Waals surface area contributed by atoms with Crippen molar-refractivity contribution in [1.82, 2.24) is 0 Å². The highest BCUT2D eigenvalue weighted by Gasteiger charge is 2.08. The van der Waals surface area contributed by atoms with Crippen LogP contribution in [-0.2, 0) is 0 Å². The van der Waals surface area contributed by atoms with Crippen molar-refractivity contribution in [2.75, 3.05) is 5.75 Å². The third-order valence-corrected chi connectivity index (χ3v) is 4.34. The largest absolute Gasteiger partial charge is 0.126 e. The Labute approximate surface area is 109 Å². The van der Waals surface area contributed by atoms with Crippen molar-refractivity contribution in [2.24, 2.45) is 5.92 Å². The molecule has 1 unspecified atom stereocenters. The molecule has 0 saturated carbocycles. The minimum Gasteiger partial charge on any atom is -0.126 e. The molecular weight excluding hydrogens is 224 g/mol. The van der Waals surface area contributed by atoms with E-state index in [0.717, 1.165) is 5.92 Å². The lowest BCUT2D eigenvalue weighted by Gasteiger charge is -2.14. The van der Waals surface area contributed by atoms with Crippen molar-refractivity contribution >= 4 is 11.8 Å². The van der Waals surface area contributed by atoms with Crippen LogP contribution in [0.15, 0.2) is 53.5 Å². The van der Waals surface area contributed by atoms with Gasteiger partial charge in [0.2, 0.25) is 0 Å². The third kappa shape index (κ3) is 4.43. The molecule has 17 heavy (non-hydrogen) atoms. The van der Waals surface area contributed by atoms with E-state index in [1.165, 1.54) is 35.5 Å². The van der Waals surface area contributed by atoms with E-state index in [9.17, 15) is 0 Å². The van der Waals surface area contributed by atoms with Gasteiger partial charge in [-0.05, 0) is 44.2 Å². The highest BCUT2D eigenvalue weighted by atomic mass is 32.2. The molecule has 0 spiro atoms. The Morgan fingerprint density at radius 3 is 2.71 bits per heavy atom. The van der Waals surface area contributed by atoms with Gasteiger partial charge in [0.15, 0.2) is 0 Å². The monoisotopic (exact) mass is 244 g/mol. The van der Waals surface area contributed by atoms with Crippen LogP contribution in [0.5, 0.6) is 0 Å². The number of thioether (sulfide) groups is 1. The fourth-order valence-electron chi connectivity index (χ4n) is 1.97. The normalized spacial score (nSPS) is 23.7. The van der Waals surface area contributed by atoms with E-state index in [4.69, 9.17) is 0 Å². The second kappa shape index (κ2) is 6.70. The van der Waals surface area contributed by atoms with Crippen molar-refractivity contribution in [3.63, 3.8) is 0 Å². The predicted octanol–water partition coefficient (Wildman–Crippen LogP) is 5.00. The molecule has 1 aliphatic rings. The molecule has 0 fully saturated rings. The maximum Gasteiger partial charge on any atom is 0.00722 e. The number of aryl methyl sites for hydroxylation is 1. The first-order chi connectivity index (χ1) is 8.34. The molecule has 1 aliphatic carbocycles. The molecule has 0 aromatic heterocycles. The van der Waals surface area contributed by atoms with Crippen LogP contribution >= 0.6 is 11.8 Å². The topological polar surface area (TPSA) is 0 Å². The van der Waals surface area contributed by atoms with Gasteiger partial charge in [-0.3, -0.25) is 0 Å². The molecule has 1 atom stereocenters. The maximum atomic E-state index is 2.30. The Kier molecular flexibility index (Phi) is 4.93. The Hall–Kier alpha value is -0.950. The molecule has 0 N–H and O–H groups in total. The van der Waals surface area contributed by atoms with Crippen LogP contribution in [-0.4, -0.2) is 5.75 Å². The Morgan fingerprint density at radius 1 is 1.12 bits per heavy atom. The molecule has 0 heterocycles. The van der Waals surface area contributed by atoms with Crippen LogP contribution in [0.1, 0.15) is 24.8 Å². The Bertz CT molecular complexity index is 386. The Morgan fingerprint density at radius 2 is 1.88 bits per heavy atom. The zero-order chi connectivity index (χ0) is 11.9. The summed E-state index contributed by atoms with van der Waals surface area (Å²) in [6.45, 7) is 2.14. The minimum absolute atomic E-state index is 0.822. The average molecular weight is 244 g/mol. The number of allylic oxidation sites excluding steroid dienone is 4.